The van der Waals surface area contributed by atoms with Gasteiger partial charge in [-0.05, 0) is 26.0 Å². The van der Waals surface area contributed by atoms with Crippen molar-refractivity contribution in [1.82, 2.24) is 5.32 Å². The molecule has 1 unspecified atom stereocenters. The van der Waals surface area contributed by atoms with Gasteiger partial charge in [0.15, 0.2) is 6.29 Å². The summed E-state index contributed by atoms with van der Waals surface area (Å²) in [5, 5.41) is 3.57. The first kappa shape index (κ1) is 15.3. The number of nitrogens with one attached hydrogen (secondary N) is 1. The van der Waals surface area contributed by atoms with Crippen LogP contribution in [0.5, 0.6) is 5.75 Å². The maximum atomic E-state index is 5.59. The third kappa shape index (κ3) is 3.95. The fourth-order valence-electron chi connectivity index (χ4n) is 2.50. The van der Waals surface area contributed by atoms with Crippen molar-refractivity contribution in [2.45, 2.75) is 39.0 Å². The summed E-state index contributed by atoms with van der Waals surface area (Å²) >= 11 is 0. The van der Waals surface area contributed by atoms with Crippen LogP contribution in [0.2, 0.25) is 0 Å². The van der Waals surface area contributed by atoms with Crippen LogP contribution >= 0.6 is 0 Å². The summed E-state index contributed by atoms with van der Waals surface area (Å²) in [6.45, 7) is 6.61. The molecule has 1 heterocycles. The van der Waals surface area contributed by atoms with Crippen LogP contribution in [0.4, 0.5) is 0 Å². The first-order chi connectivity index (χ1) is 9.74. The molecule has 1 aromatic carbocycles. The molecule has 0 radical (unpaired) electrons. The highest BCUT2D eigenvalue weighted by Gasteiger charge is 2.24. The molecule has 0 aliphatic carbocycles. The molecule has 1 aliphatic heterocycles. The average Bonchev–Trinajstić information content (AvgIpc) is 2.96. The monoisotopic (exact) mass is 279 g/mol. The molecule has 1 aliphatic rings. The predicted octanol–water partition coefficient (Wildman–Crippen LogP) is 2.81. The largest absolute Gasteiger partial charge is 0.496 e. The highest BCUT2D eigenvalue weighted by atomic mass is 16.7. The Labute approximate surface area is 121 Å². The number of rotatable bonds is 7. The molecule has 1 saturated heterocycles. The second kappa shape index (κ2) is 7.62. The molecule has 112 valence electrons. The van der Waals surface area contributed by atoms with E-state index in [4.69, 9.17) is 14.2 Å². The van der Waals surface area contributed by atoms with Crippen molar-refractivity contribution in [1.29, 1.82) is 0 Å². The van der Waals surface area contributed by atoms with Crippen molar-refractivity contribution >= 4 is 0 Å². The molecule has 2 rings (SSSR count). The average molecular weight is 279 g/mol. The van der Waals surface area contributed by atoms with Gasteiger partial charge in [-0.2, -0.15) is 0 Å². The van der Waals surface area contributed by atoms with Gasteiger partial charge in [0.1, 0.15) is 5.75 Å². The molecule has 20 heavy (non-hydrogen) atoms. The first-order valence-electron chi connectivity index (χ1n) is 7.35. The van der Waals surface area contributed by atoms with Crippen LogP contribution in [0.3, 0.4) is 0 Å². The van der Waals surface area contributed by atoms with Crippen LogP contribution in [-0.4, -0.2) is 33.2 Å². The molecule has 4 nitrogen and oxygen atoms in total. The molecule has 0 amide bonds. The van der Waals surface area contributed by atoms with Crippen molar-refractivity contribution in [3.63, 3.8) is 0 Å². The SMILES string of the molecule is CCCNC(CC1OCCO1)c1cc(C)ccc1OC. The van der Waals surface area contributed by atoms with Crippen molar-refractivity contribution < 1.29 is 14.2 Å². The summed E-state index contributed by atoms with van der Waals surface area (Å²) in [6.07, 6.45) is 1.78. The van der Waals surface area contributed by atoms with Gasteiger partial charge in [0, 0.05) is 18.0 Å². The van der Waals surface area contributed by atoms with Gasteiger partial charge in [-0.25, -0.2) is 0 Å². The van der Waals surface area contributed by atoms with Crippen molar-refractivity contribution in [2.75, 3.05) is 26.9 Å². The summed E-state index contributed by atoms with van der Waals surface area (Å²) in [6, 6.07) is 6.47. The van der Waals surface area contributed by atoms with Gasteiger partial charge in [-0.3, -0.25) is 0 Å². The van der Waals surface area contributed by atoms with E-state index in [2.05, 4.69) is 31.3 Å². The third-order valence-corrected chi connectivity index (χ3v) is 3.52. The number of hydrogen-bond acceptors (Lipinski definition) is 4. The Balaban J connectivity index is 2.17. The minimum Gasteiger partial charge on any atom is -0.496 e. The molecular weight excluding hydrogens is 254 g/mol. The Kier molecular flexibility index (Phi) is 5.83. The molecular formula is C16H25NO3. The number of benzene rings is 1. The lowest BCUT2D eigenvalue weighted by atomic mass is 10.00. The van der Waals surface area contributed by atoms with E-state index in [1.807, 2.05) is 6.07 Å². The summed E-state index contributed by atoms with van der Waals surface area (Å²) in [5.74, 6) is 0.919. The Hall–Kier alpha value is -1.10. The predicted molar refractivity (Wildman–Crippen MR) is 79.1 cm³/mol. The lowest BCUT2D eigenvalue weighted by Crippen LogP contribution is -2.27. The fraction of sp³-hybridized carbons (Fsp3) is 0.625. The Morgan fingerprint density at radius 3 is 2.75 bits per heavy atom. The van der Waals surface area contributed by atoms with Crippen LogP contribution in [0.15, 0.2) is 18.2 Å². The van der Waals surface area contributed by atoms with Gasteiger partial charge in [0.05, 0.1) is 20.3 Å². The Bertz CT molecular complexity index is 416. The van der Waals surface area contributed by atoms with Gasteiger partial charge in [0.2, 0.25) is 0 Å². The zero-order chi connectivity index (χ0) is 14.4. The zero-order valence-electron chi connectivity index (χ0n) is 12.6. The van der Waals surface area contributed by atoms with E-state index in [0.29, 0.717) is 13.2 Å². The smallest absolute Gasteiger partial charge is 0.159 e. The molecule has 0 saturated carbocycles. The molecule has 1 N–H and O–H groups in total. The summed E-state index contributed by atoms with van der Waals surface area (Å²) < 4.78 is 16.7. The molecule has 4 heteroatoms. The lowest BCUT2D eigenvalue weighted by molar-refractivity contribution is -0.0531. The summed E-state index contributed by atoms with van der Waals surface area (Å²) in [5.41, 5.74) is 2.41. The molecule has 1 atom stereocenters. The lowest BCUT2D eigenvalue weighted by Gasteiger charge is -2.24. The van der Waals surface area contributed by atoms with Gasteiger partial charge in [-0.1, -0.05) is 24.6 Å². The second-order valence-electron chi connectivity index (χ2n) is 5.16. The van der Waals surface area contributed by atoms with Gasteiger partial charge >= 0.3 is 0 Å². The van der Waals surface area contributed by atoms with Crippen molar-refractivity contribution in [2.24, 2.45) is 0 Å². The van der Waals surface area contributed by atoms with E-state index < -0.39 is 0 Å². The minimum atomic E-state index is -0.116. The normalized spacial score (nSPS) is 17.4. The van der Waals surface area contributed by atoms with E-state index in [1.54, 1.807) is 7.11 Å². The standard InChI is InChI=1S/C16H25NO3/c1-4-7-17-14(11-16-19-8-9-20-16)13-10-12(2)5-6-15(13)18-3/h5-6,10,14,16-17H,4,7-9,11H2,1-3H3. The van der Waals surface area contributed by atoms with E-state index in [1.165, 1.54) is 11.1 Å². The van der Waals surface area contributed by atoms with Crippen LogP contribution in [-0.2, 0) is 9.47 Å². The molecule has 1 aromatic rings. The number of hydrogen-bond donors (Lipinski definition) is 1. The van der Waals surface area contributed by atoms with E-state index in [0.717, 1.165) is 25.1 Å². The first-order valence-corrected chi connectivity index (χ1v) is 7.35. The topological polar surface area (TPSA) is 39.7 Å². The number of aryl methyl sites for hydroxylation is 1. The van der Waals surface area contributed by atoms with Gasteiger partial charge in [-0.15, -0.1) is 0 Å². The summed E-state index contributed by atoms with van der Waals surface area (Å²) in [7, 11) is 1.72. The van der Waals surface area contributed by atoms with Crippen LogP contribution in [0.1, 0.15) is 36.9 Å². The second-order valence-corrected chi connectivity index (χ2v) is 5.16. The number of methoxy groups -OCH3 is 1. The highest BCUT2D eigenvalue weighted by molar-refractivity contribution is 5.39. The van der Waals surface area contributed by atoms with Gasteiger partial charge < -0.3 is 19.5 Å². The van der Waals surface area contributed by atoms with Crippen LogP contribution < -0.4 is 10.1 Å². The minimum absolute atomic E-state index is 0.116. The third-order valence-electron chi connectivity index (χ3n) is 3.52. The summed E-state index contributed by atoms with van der Waals surface area (Å²) in [4.78, 5) is 0. The van der Waals surface area contributed by atoms with E-state index in [9.17, 15) is 0 Å². The molecule has 0 bridgehead atoms. The van der Waals surface area contributed by atoms with E-state index >= 15 is 0 Å². The van der Waals surface area contributed by atoms with Gasteiger partial charge in [0.25, 0.3) is 0 Å². The van der Waals surface area contributed by atoms with Crippen molar-refractivity contribution in [3.05, 3.63) is 29.3 Å². The van der Waals surface area contributed by atoms with Crippen LogP contribution in [0.25, 0.3) is 0 Å². The maximum absolute atomic E-state index is 5.59. The van der Waals surface area contributed by atoms with Crippen LogP contribution in [0, 0.1) is 6.92 Å². The Morgan fingerprint density at radius 1 is 1.35 bits per heavy atom. The zero-order valence-corrected chi connectivity index (χ0v) is 12.6. The van der Waals surface area contributed by atoms with Crippen molar-refractivity contribution in [3.8, 4) is 5.75 Å². The number of ether oxygens (including phenoxy) is 3. The molecule has 0 spiro atoms. The van der Waals surface area contributed by atoms with E-state index in [-0.39, 0.29) is 12.3 Å². The maximum Gasteiger partial charge on any atom is 0.159 e. The molecule has 1 fully saturated rings. The molecule has 0 aromatic heterocycles. The quantitative estimate of drug-likeness (QED) is 0.833. The fourth-order valence-corrected chi connectivity index (χ4v) is 2.50. The Morgan fingerprint density at radius 2 is 2.10 bits per heavy atom. The highest BCUT2D eigenvalue weighted by Crippen LogP contribution is 2.30.